The van der Waals surface area contributed by atoms with Crippen LogP contribution in [0.2, 0.25) is 0 Å². The highest BCUT2D eigenvalue weighted by Gasteiger charge is 2.18. The molecule has 0 aliphatic rings. The second-order valence-electron chi connectivity index (χ2n) is 7.73. The maximum Gasteiger partial charge on any atom is 0.407 e. The summed E-state index contributed by atoms with van der Waals surface area (Å²) in [5.74, 6) is 0. The molecule has 148 valence electrons. The van der Waals surface area contributed by atoms with Crippen LogP contribution >= 0.6 is 0 Å². The average molecular weight is 363 g/mol. The predicted octanol–water partition coefficient (Wildman–Crippen LogP) is 0.347. The van der Waals surface area contributed by atoms with Crippen molar-refractivity contribution in [3.05, 3.63) is 0 Å². The number of aliphatic hydroxyl groups excluding tert-OH is 2. The van der Waals surface area contributed by atoms with Gasteiger partial charge in [-0.2, -0.15) is 0 Å². The van der Waals surface area contributed by atoms with E-state index in [1.165, 1.54) is 0 Å². The van der Waals surface area contributed by atoms with E-state index in [0.717, 1.165) is 0 Å². The molecule has 0 rings (SSSR count). The van der Waals surface area contributed by atoms with Crippen LogP contribution in [0.5, 0.6) is 0 Å². The zero-order chi connectivity index (χ0) is 19.7. The van der Waals surface area contributed by atoms with Gasteiger partial charge < -0.3 is 35.6 Å². The van der Waals surface area contributed by atoms with Crippen molar-refractivity contribution in [3.63, 3.8) is 0 Å². The van der Waals surface area contributed by atoms with Gasteiger partial charge in [0.05, 0.1) is 12.2 Å². The second-order valence-corrected chi connectivity index (χ2v) is 7.73. The summed E-state index contributed by atoms with van der Waals surface area (Å²) in [6.45, 7) is 10.9. The van der Waals surface area contributed by atoms with Gasteiger partial charge in [0.15, 0.2) is 0 Å². The Hall–Kier alpha value is -1.58. The van der Waals surface area contributed by atoms with Gasteiger partial charge in [-0.15, -0.1) is 0 Å². The number of ether oxygens (including phenoxy) is 2. The minimum absolute atomic E-state index is 0.0220. The number of aliphatic hydroxyl groups is 2. The molecule has 0 spiro atoms. The summed E-state index contributed by atoms with van der Waals surface area (Å²) in [6.07, 6.45) is -2.88. The lowest BCUT2D eigenvalue weighted by atomic mass is 10.2. The van der Waals surface area contributed by atoms with Crippen molar-refractivity contribution >= 4 is 12.2 Å². The molecule has 2 amide bonds. The Kier molecular flexibility index (Phi) is 9.76. The van der Waals surface area contributed by atoms with Gasteiger partial charge in [-0.1, -0.05) is 0 Å². The molecule has 0 aliphatic heterocycles. The second kappa shape index (κ2) is 10.4. The van der Waals surface area contributed by atoms with Crippen LogP contribution in [-0.2, 0) is 9.47 Å². The minimum atomic E-state index is -0.835. The number of hydrogen-bond acceptors (Lipinski definition) is 7. The van der Waals surface area contributed by atoms with Crippen LogP contribution in [-0.4, -0.2) is 72.0 Å². The van der Waals surface area contributed by atoms with Crippen molar-refractivity contribution in [1.82, 2.24) is 16.0 Å². The maximum atomic E-state index is 11.4. The van der Waals surface area contributed by atoms with Gasteiger partial charge in [0.25, 0.3) is 0 Å². The minimum Gasteiger partial charge on any atom is -0.444 e. The van der Waals surface area contributed by atoms with Crippen LogP contribution in [0.1, 0.15) is 41.5 Å². The summed E-state index contributed by atoms with van der Waals surface area (Å²) in [5.41, 5.74) is -1.20. The predicted molar refractivity (Wildman–Crippen MR) is 93.4 cm³/mol. The maximum absolute atomic E-state index is 11.4. The third kappa shape index (κ3) is 15.7. The molecule has 0 saturated heterocycles. The summed E-state index contributed by atoms with van der Waals surface area (Å²) in [5, 5.41) is 27.2. The summed E-state index contributed by atoms with van der Waals surface area (Å²) < 4.78 is 10.1. The standard InChI is InChI=1S/C16H33N3O6/c1-15(2,3)24-13(22)18-9-11(20)7-17-8-12(21)10-19-14(23)25-16(4,5)6/h11-12,17,20-21H,7-10H2,1-6H3,(H,18,22)(H,19,23). The van der Waals surface area contributed by atoms with Crippen LogP contribution in [0.3, 0.4) is 0 Å². The smallest absolute Gasteiger partial charge is 0.407 e. The Morgan fingerprint density at radius 3 is 1.36 bits per heavy atom. The first-order valence-corrected chi connectivity index (χ1v) is 8.29. The summed E-state index contributed by atoms with van der Waals surface area (Å²) >= 11 is 0. The summed E-state index contributed by atoms with van der Waals surface area (Å²) in [6, 6.07) is 0. The fourth-order valence-corrected chi connectivity index (χ4v) is 1.59. The number of hydrogen-bond donors (Lipinski definition) is 5. The lowest BCUT2D eigenvalue weighted by molar-refractivity contribution is 0.0489. The molecule has 9 heteroatoms. The molecule has 0 aromatic rings. The van der Waals surface area contributed by atoms with E-state index < -0.39 is 35.6 Å². The van der Waals surface area contributed by atoms with Gasteiger partial charge in [-0.25, -0.2) is 9.59 Å². The van der Waals surface area contributed by atoms with Crippen LogP contribution in [0.25, 0.3) is 0 Å². The highest BCUT2D eigenvalue weighted by Crippen LogP contribution is 2.06. The molecule has 0 heterocycles. The van der Waals surface area contributed by atoms with Gasteiger partial charge >= 0.3 is 12.2 Å². The van der Waals surface area contributed by atoms with Crippen molar-refractivity contribution < 1.29 is 29.3 Å². The van der Waals surface area contributed by atoms with Crippen LogP contribution in [0.4, 0.5) is 9.59 Å². The van der Waals surface area contributed by atoms with E-state index in [0.29, 0.717) is 0 Å². The number of carbonyl (C=O) groups is 2. The molecule has 0 bridgehead atoms. The Morgan fingerprint density at radius 1 is 0.760 bits per heavy atom. The summed E-state index contributed by atoms with van der Waals surface area (Å²) in [4.78, 5) is 22.9. The normalized spacial score (nSPS) is 14.4. The van der Waals surface area contributed by atoms with Gasteiger partial charge in [0, 0.05) is 26.2 Å². The van der Waals surface area contributed by atoms with Gasteiger partial charge in [0.2, 0.25) is 0 Å². The molecule has 2 unspecified atom stereocenters. The summed E-state index contributed by atoms with van der Waals surface area (Å²) in [7, 11) is 0. The van der Waals surface area contributed by atoms with E-state index in [9.17, 15) is 19.8 Å². The van der Waals surface area contributed by atoms with E-state index in [-0.39, 0.29) is 26.2 Å². The van der Waals surface area contributed by atoms with E-state index in [1.54, 1.807) is 41.5 Å². The fraction of sp³-hybridized carbons (Fsp3) is 0.875. The van der Waals surface area contributed by atoms with Crippen LogP contribution in [0, 0.1) is 0 Å². The number of amides is 2. The Balaban J connectivity index is 3.81. The molecule has 5 N–H and O–H groups in total. The van der Waals surface area contributed by atoms with Crippen molar-refractivity contribution in [2.45, 2.75) is 65.0 Å². The van der Waals surface area contributed by atoms with E-state index in [1.807, 2.05) is 0 Å². The molecular formula is C16H33N3O6. The molecule has 0 aliphatic carbocycles. The van der Waals surface area contributed by atoms with Gasteiger partial charge in [-0.05, 0) is 41.5 Å². The fourth-order valence-electron chi connectivity index (χ4n) is 1.59. The molecule has 2 atom stereocenters. The Morgan fingerprint density at radius 2 is 1.08 bits per heavy atom. The first kappa shape index (κ1) is 23.4. The van der Waals surface area contributed by atoms with E-state index >= 15 is 0 Å². The Bertz CT molecular complexity index is 379. The van der Waals surface area contributed by atoms with E-state index in [4.69, 9.17) is 9.47 Å². The van der Waals surface area contributed by atoms with Crippen LogP contribution in [0.15, 0.2) is 0 Å². The molecule has 0 aromatic heterocycles. The van der Waals surface area contributed by atoms with Crippen molar-refractivity contribution in [2.24, 2.45) is 0 Å². The average Bonchev–Trinajstić information content (AvgIpc) is 2.39. The first-order chi connectivity index (χ1) is 11.3. The SMILES string of the molecule is CC(C)(C)OC(=O)NCC(O)CNCC(O)CNC(=O)OC(C)(C)C. The van der Waals surface area contributed by atoms with E-state index in [2.05, 4.69) is 16.0 Å². The largest absolute Gasteiger partial charge is 0.444 e. The van der Waals surface area contributed by atoms with Crippen molar-refractivity contribution in [3.8, 4) is 0 Å². The molecule has 0 saturated carbocycles. The highest BCUT2D eigenvalue weighted by atomic mass is 16.6. The molecule has 25 heavy (non-hydrogen) atoms. The molecule has 0 aromatic carbocycles. The molecule has 9 nitrogen and oxygen atoms in total. The zero-order valence-corrected chi connectivity index (χ0v) is 16.0. The van der Waals surface area contributed by atoms with Crippen LogP contribution < -0.4 is 16.0 Å². The molecule has 0 radical (unpaired) electrons. The lowest BCUT2D eigenvalue weighted by Gasteiger charge is -2.21. The van der Waals surface area contributed by atoms with Crippen molar-refractivity contribution in [1.29, 1.82) is 0 Å². The number of rotatable bonds is 8. The van der Waals surface area contributed by atoms with Gasteiger partial charge in [0.1, 0.15) is 11.2 Å². The first-order valence-electron chi connectivity index (χ1n) is 8.29. The molecule has 0 fully saturated rings. The third-order valence-corrected chi connectivity index (χ3v) is 2.52. The zero-order valence-electron chi connectivity index (χ0n) is 16.0. The highest BCUT2D eigenvalue weighted by molar-refractivity contribution is 5.68. The van der Waals surface area contributed by atoms with Crippen molar-refractivity contribution in [2.75, 3.05) is 26.2 Å². The van der Waals surface area contributed by atoms with Gasteiger partial charge in [-0.3, -0.25) is 0 Å². The lowest BCUT2D eigenvalue weighted by Crippen LogP contribution is -2.44. The number of carbonyl (C=O) groups excluding carboxylic acids is 2. The number of nitrogens with one attached hydrogen (secondary N) is 3. The quantitative estimate of drug-likeness (QED) is 0.421. The number of alkyl carbamates (subject to hydrolysis) is 2. The monoisotopic (exact) mass is 363 g/mol. The molecular weight excluding hydrogens is 330 g/mol. The Labute approximate surface area is 149 Å². The third-order valence-electron chi connectivity index (χ3n) is 2.52. The topological polar surface area (TPSA) is 129 Å².